The largest absolute Gasteiger partial charge is 0.462 e. The van der Waals surface area contributed by atoms with Crippen LogP contribution in [0.3, 0.4) is 0 Å². The van der Waals surface area contributed by atoms with Crippen molar-refractivity contribution in [3.8, 4) is 0 Å². The maximum atomic E-state index is 12.8. The number of Topliss-reactive ketones (excluding diaryl/α,β-unsaturated/α-hetero) is 1. The fourth-order valence-electron chi connectivity index (χ4n) is 9.17. The molecule has 0 aromatic carbocycles. The quantitative estimate of drug-likeness (QED) is 0.349. The van der Waals surface area contributed by atoms with Crippen LogP contribution in [-0.4, -0.2) is 82.2 Å². The summed E-state index contributed by atoms with van der Waals surface area (Å²) < 4.78 is 23.6. The molecule has 1 aliphatic heterocycles. The molecule has 4 aliphatic carbocycles. The number of methoxy groups -OCH3 is 1. The molecule has 0 spiro atoms. The van der Waals surface area contributed by atoms with Crippen molar-refractivity contribution in [2.75, 3.05) is 7.11 Å². The summed E-state index contributed by atoms with van der Waals surface area (Å²) >= 11 is 0. The van der Waals surface area contributed by atoms with Gasteiger partial charge in [-0.15, -0.1) is 0 Å². The summed E-state index contributed by atoms with van der Waals surface area (Å²) in [5.74, 6) is -1.01. The van der Waals surface area contributed by atoms with E-state index in [0.717, 1.165) is 19.3 Å². The van der Waals surface area contributed by atoms with Crippen molar-refractivity contribution in [2.45, 2.75) is 134 Å². The molecular weight excluding hydrogens is 504 g/mol. The number of aliphatic hydroxyl groups excluding tert-OH is 1. The Morgan fingerprint density at radius 3 is 2.44 bits per heavy atom. The van der Waals surface area contributed by atoms with E-state index >= 15 is 0 Å². The van der Waals surface area contributed by atoms with Crippen molar-refractivity contribution in [3.05, 3.63) is 11.6 Å². The number of ketones is 1. The van der Waals surface area contributed by atoms with Gasteiger partial charge < -0.3 is 34.3 Å². The lowest BCUT2D eigenvalue weighted by atomic mass is 9.44. The van der Waals surface area contributed by atoms with E-state index in [9.17, 15) is 24.9 Å². The molecule has 5 aliphatic rings. The Morgan fingerprint density at radius 1 is 1.08 bits per heavy atom. The zero-order chi connectivity index (χ0) is 28.5. The van der Waals surface area contributed by atoms with E-state index in [4.69, 9.17) is 18.9 Å². The fourth-order valence-corrected chi connectivity index (χ4v) is 9.17. The van der Waals surface area contributed by atoms with Crippen LogP contribution in [0.2, 0.25) is 0 Å². The van der Waals surface area contributed by atoms with Gasteiger partial charge in [-0.3, -0.25) is 9.59 Å². The van der Waals surface area contributed by atoms with Crippen molar-refractivity contribution in [3.63, 3.8) is 0 Å². The zero-order valence-corrected chi connectivity index (χ0v) is 24.1. The highest BCUT2D eigenvalue weighted by Gasteiger charge is 2.76. The third kappa shape index (κ3) is 4.17. The molecule has 0 bridgehead atoms. The molecular formula is C30H46O9. The van der Waals surface area contributed by atoms with Crippen LogP contribution in [0.15, 0.2) is 11.6 Å². The predicted molar refractivity (Wildman–Crippen MR) is 140 cm³/mol. The van der Waals surface area contributed by atoms with E-state index in [1.807, 2.05) is 6.92 Å². The highest BCUT2D eigenvalue weighted by molar-refractivity contribution is 5.87. The minimum absolute atomic E-state index is 0.0224. The third-order valence-electron chi connectivity index (χ3n) is 11.6. The van der Waals surface area contributed by atoms with Crippen LogP contribution in [-0.2, 0) is 28.5 Å². The molecule has 12 unspecified atom stereocenters. The number of fused-ring (bicyclic) bond motifs is 5. The fraction of sp³-hybridized carbons (Fsp3) is 0.867. The number of ether oxygens (including phenoxy) is 4. The standard InChI is InChI=1S/C30H46O9/c1-16-26(33)23(36-6)15-25(37-16)39-20-9-10-27(4)19(13-20)7-8-21-22(27)14-24(38-18(3)32)28(5)29(34,17(2)31)11-12-30(21,28)35/h7,16,20-26,33-35H,8-15H2,1-6H3. The van der Waals surface area contributed by atoms with Gasteiger partial charge in [0.2, 0.25) is 0 Å². The Morgan fingerprint density at radius 2 is 1.79 bits per heavy atom. The summed E-state index contributed by atoms with van der Waals surface area (Å²) in [6, 6.07) is 0. The molecule has 9 heteroatoms. The topological polar surface area (TPSA) is 132 Å². The average molecular weight is 551 g/mol. The molecule has 3 N–H and O–H groups in total. The van der Waals surface area contributed by atoms with Crippen LogP contribution in [0.5, 0.6) is 0 Å². The van der Waals surface area contributed by atoms with Crippen molar-refractivity contribution in [2.24, 2.45) is 22.7 Å². The molecule has 9 nitrogen and oxygen atoms in total. The van der Waals surface area contributed by atoms with E-state index < -0.39 is 46.9 Å². The summed E-state index contributed by atoms with van der Waals surface area (Å²) in [5, 5.41) is 34.3. The second kappa shape index (κ2) is 9.88. The molecule has 4 fully saturated rings. The summed E-state index contributed by atoms with van der Waals surface area (Å²) in [4.78, 5) is 25.0. The van der Waals surface area contributed by atoms with Gasteiger partial charge in [0.15, 0.2) is 12.1 Å². The van der Waals surface area contributed by atoms with Gasteiger partial charge in [0.1, 0.15) is 17.8 Å². The first kappa shape index (κ1) is 29.1. The number of hydrogen-bond acceptors (Lipinski definition) is 9. The van der Waals surface area contributed by atoms with Crippen LogP contribution in [0, 0.1) is 22.7 Å². The Hall–Kier alpha value is -1.36. The van der Waals surface area contributed by atoms with Crippen molar-refractivity contribution >= 4 is 11.8 Å². The first-order chi connectivity index (χ1) is 18.2. The van der Waals surface area contributed by atoms with E-state index in [2.05, 4.69) is 13.0 Å². The van der Waals surface area contributed by atoms with Gasteiger partial charge in [0, 0.05) is 20.5 Å². The minimum atomic E-state index is -1.76. The van der Waals surface area contributed by atoms with Crippen LogP contribution in [0.25, 0.3) is 0 Å². The molecule has 1 heterocycles. The highest BCUT2D eigenvalue weighted by atomic mass is 16.7. The van der Waals surface area contributed by atoms with Crippen LogP contribution in [0.4, 0.5) is 0 Å². The van der Waals surface area contributed by atoms with Gasteiger partial charge >= 0.3 is 5.97 Å². The van der Waals surface area contributed by atoms with Crippen molar-refractivity contribution in [1.82, 2.24) is 0 Å². The number of rotatable bonds is 5. The number of allylic oxidation sites excluding steroid dienone is 1. The van der Waals surface area contributed by atoms with Crippen LogP contribution in [0.1, 0.15) is 86.0 Å². The van der Waals surface area contributed by atoms with Crippen molar-refractivity contribution < 1.29 is 43.9 Å². The Bertz CT molecular complexity index is 1030. The Balaban J connectivity index is 1.40. The van der Waals surface area contributed by atoms with E-state index in [1.165, 1.54) is 19.4 Å². The van der Waals surface area contributed by atoms with Gasteiger partial charge in [-0.05, 0) is 76.0 Å². The van der Waals surface area contributed by atoms with E-state index in [-0.39, 0.29) is 48.4 Å². The van der Waals surface area contributed by atoms with Gasteiger partial charge in [-0.1, -0.05) is 25.5 Å². The number of aliphatic hydroxyl groups is 3. The van der Waals surface area contributed by atoms with Gasteiger partial charge in [-0.25, -0.2) is 0 Å². The lowest BCUT2D eigenvalue weighted by molar-refractivity contribution is -0.269. The number of carbonyl (C=O) groups excluding carboxylic acids is 2. The Labute approximate surface area is 231 Å². The number of carbonyl (C=O) groups is 2. The highest BCUT2D eigenvalue weighted by Crippen LogP contribution is 2.69. The monoisotopic (exact) mass is 550 g/mol. The molecule has 0 amide bonds. The number of hydrogen-bond donors (Lipinski definition) is 3. The van der Waals surface area contributed by atoms with Gasteiger partial charge in [0.25, 0.3) is 0 Å². The SMILES string of the molecule is COC1CC(OC2CCC3(C)C(=CCC4C3CC(OC(C)=O)C3(C)C(O)(C(C)=O)CCC43O)C2)OC(C)C1O. The molecule has 1 saturated heterocycles. The molecule has 0 radical (unpaired) electrons. The van der Waals surface area contributed by atoms with Crippen LogP contribution < -0.4 is 0 Å². The first-order valence-electron chi connectivity index (χ1n) is 14.6. The molecule has 3 saturated carbocycles. The molecule has 5 rings (SSSR count). The maximum Gasteiger partial charge on any atom is 0.302 e. The van der Waals surface area contributed by atoms with Crippen molar-refractivity contribution in [1.29, 1.82) is 0 Å². The second-order valence-corrected chi connectivity index (χ2v) is 13.2. The summed E-state index contributed by atoms with van der Waals surface area (Å²) in [6.45, 7) is 8.51. The first-order valence-corrected chi connectivity index (χ1v) is 14.6. The molecule has 12 atom stereocenters. The third-order valence-corrected chi connectivity index (χ3v) is 11.6. The molecule has 0 aromatic heterocycles. The summed E-state index contributed by atoms with van der Waals surface area (Å²) in [7, 11) is 1.59. The molecule has 39 heavy (non-hydrogen) atoms. The summed E-state index contributed by atoms with van der Waals surface area (Å²) in [5.41, 5.74) is -3.36. The smallest absolute Gasteiger partial charge is 0.302 e. The van der Waals surface area contributed by atoms with Gasteiger partial charge in [0.05, 0.1) is 29.3 Å². The van der Waals surface area contributed by atoms with E-state index in [1.54, 1.807) is 14.0 Å². The second-order valence-electron chi connectivity index (χ2n) is 13.2. The zero-order valence-electron chi connectivity index (χ0n) is 24.1. The predicted octanol–water partition coefficient (Wildman–Crippen LogP) is 2.82. The normalized spacial score (nSPS) is 51.3. The van der Waals surface area contributed by atoms with E-state index in [0.29, 0.717) is 19.3 Å². The lowest BCUT2D eigenvalue weighted by Gasteiger charge is -2.63. The number of esters is 1. The summed E-state index contributed by atoms with van der Waals surface area (Å²) in [6.07, 6.45) is 3.94. The average Bonchev–Trinajstić information content (AvgIpc) is 3.10. The molecule has 220 valence electrons. The molecule has 0 aromatic rings. The minimum Gasteiger partial charge on any atom is -0.462 e. The lowest BCUT2D eigenvalue weighted by Crippen LogP contribution is -2.71. The Kier molecular flexibility index (Phi) is 7.38. The van der Waals surface area contributed by atoms with Gasteiger partial charge in [-0.2, -0.15) is 0 Å². The van der Waals surface area contributed by atoms with Crippen LogP contribution >= 0.6 is 0 Å². The maximum absolute atomic E-state index is 12.8.